The number of nitrogens with one attached hydrogen (secondary N) is 1. The van der Waals surface area contributed by atoms with Crippen molar-refractivity contribution in [2.45, 2.75) is 52.6 Å². The Labute approximate surface area is 120 Å². The maximum absolute atomic E-state index is 11.9. The van der Waals surface area contributed by atoms with Crippen LogP contribution in [0.2, 0.25) is 0 Å². The van der Waals surface area contributed by atoms with Gasteiger partial charge in [0.25, 0.3) is 0 Å². The fourth-order valence-electron chi connectivity index (χ4n) is 1.73. The Morgan fingerprint density at radius 3 is 2.40 bits per heavy atom. The summed E-state index contributed by atoms with van der Waals surface area (Å²) in [5.74, 6) is -0.242. The first-order chi connectivity index (χ1) is 9.11. The maximum Gasteiger partial charge on any atom is 0.227 e. The zero-order valence-electron chi connectivity index (χ0n) is 12.9. The third-order valence-corrected chi connectivity index (χ3v) is 3.30. The number of phenolic OH excluding ortho intramolecular Hbond substituents is 1. The molecule has 1 atom stereocenters. The molecule has 0 saturated heterocycles. The number of hydrogen-bond donors (Lipinski definition) is 3. The van der Waals surface area contributed by atoms with Crippen molar-refractivity contribution in [1.82, 2.24) is 0 Å². The van der Waals surface area contributed by atoms with Crippen molar-refractivity contribution in [3.63, 3.8) is 0 Å². The summed E-state index contributed by atoms with van der Waals surface area (Å²) in [6.45, 7) is 9.90. The van der Waals surface area contributed by atoms with Gasteiger partial charge >= 0.3 is 0 Å². The highest BCUT2D eigenvalue weighted by Crippen LogP contribution is 2.30. The smallest absolute Gasteiger partial charge is 0.227 e. The maximum atomic E-state index is 11.9. The minimum atomic E-state index is -0.678. The van der Waals surface area contributed by atoms with Crippen LogP contribution in [0.1, 0.15) is 46.6 Å². The second kappa shape index (κ2) is 6.27. The van der Waals surface area contributed by atoms with Crippen LogP contribution in [0.4, 0.5) is 5.69 Å². The topological polar surface area (TPSA) is 69.6 Å². The molecule has 1 unspecified atom stereocenters. The van der Waals surface area contributed by atoms with Crippen molar-refractivity contribution in [1.29, 1.82) is 0 Å². The van der Waals surface area contributed by atoms with Crippen LogP contribution in [-0.2, 0) is 10.2 Å². The van der Waals surface area contributed by atoms with Crippen molar-refractivity contribution in [2.24, 2.45) is 5.92 Å². The predicted octanol–water partition coefficient (Wildman–Crippen LogP) is 3.04. The molecule has 20 heavy (non-hydrogen) atoms. The van der Waals surface area contributed by atoms with Crippen molar-refractivity contribution < 1.29 is 15.0 Å². The van der Waals surface area contributed by atoms with E-state index in [1.165, 1.54) is 0 Å². The summed E-state index contributed by atoms with van der Waals surface area (Å²) in [4.78, 5) is 11.9. The SMILES string of the molecule is CC(C)C(O)CC(=O)Nc1cc(C(C)(C)C)ccc1O. The van der Waals surface area contributed by atoms with E-state index in [1.807, 2.05) is 19.9 Å². The summed E-state index contributed by atoms with van der Waals surface area (Å²) in [6, 6.07) is 5.19. The molecule has 4 heteroatoms. The van der Waals surface area contributed by atoms with E-state index in [2.05, 4.69) is 26.1 Å². The largest absolute Gasteiger partial charge is 0.506 e. The molecule has 0 heterocycles. The zero-order valence-corrected chi connectivity index (χ0v) is 12.9. The Kier molecular flexibility index (Phi) is 5.17. The minimum absolute atomic E-state index is 0.0234. The molecule has 0 fully saturated rings. The molecule has 0 saturated carbocycles. The van der Waals surface area contributed by atoms with Crippen LogP contribution in [0.15, 0.2) is 18.2 Å². The van der Waals surface area contributed by atoms with Crippen molar-refractivity contribution in [3.05, 3.63) is 23.8 Å². The van der Waals surface area contributed by atoms with Crippen LogP contribution in [0.25, 0.3) is 0 Å². The summed E-state index contributed by atoms with van der Waals surface area (Å²) < 4.78 is 0. The standard InChI is InChI=1S/C16H25NO3/c1-10(2)14(19)9-15(20)17-12-8-11(16(3,4)5)6-7-13(12)18/h6-8,10,14,18-19H,9H2,1-5H3,(H,17,20). The van der Waals surface area contributed by atoms with Crippen LogP contribution in [0, 0.1) is 5.92 Å². The van der Waals surface area contributed by atoms with Gasteiger partial charge in [-0.2, -0.15) is 0 Å². The lowest BCUT2D eigenvalue weighted by molar-refractivity contribution is -0.118. The van der Waals surface area contributed by atoms with Gasteiger partial charge in [0.1, 0.15) is 5.75 Å². The molecule has 112 valence electrons. The quantitative estimate of drug-likeness (QED) is 0.742. The van der Waals surface area contributed by atoms with Gasteiger partial charge < -0.3 is 15.5 Å². The Morgan fingerprint density at radius 2 is 1.90 bits per heavy atom. The number of rotatable bonds is 4. The number of aliphatic hydroxyl groups is 1. The highest BCUT2D eigenvalue weighted by Gasteiger charge is 2.18. The van der Waals surface area contributed by atoms with Gasteiger partial charge in [0.05, 0.1) is 18.2 Å². The van der Waals surface area contributed by atoms with E-state index in [0.29, 0.717) is 5.69 Å². The number of carbonyl (C=O) groups is 1. The zero-order chi connectivity index (χ0) is 15.5. The van der Waals surface area contributed by atoms with E-state index < -0.39 is 6.10 Å². The molecule has 1 amide bonds. The molecule has 0 aliphatic rings. The first kappa shape index (κ1) is 16.5. The second-order valence-corrected chi connectivity index (χ2v) is 6.55. The fourth-order valence-corrected chi connectivity index (χ4v) is 1.73. The normalized spacial score (nSPS) is 13.3. The monoisotopic (exact) mass is 279 g/mol. The third-order valence-electron chi connectivity index (χ3n) is 3.30. The molecule has 3 N–H and O–H groups in total. The summed E-state index contributed by atoms with van der Waals surface area (Å²) >= 11 is 0. The summed E-state index contributed by atoms with van der Waals surface area (Å²) in [5.41, 5.74) is 1.35. The Morgan fingerprint density at radius 1 is 1.30 bits per heavy atom. The summed E-state index contributed by atoms with van der Waals surface area (Å²) in [7, 11) is 0. The lowest BCUT2D eigenvalue weighted by atomic mass is 9.87. The van der Waals surface area contributed by atoms with Gasteiger partial charge in [0.2, 0.25) is 5.91 Å². The van der Waals surface area contributed by atoms with Gasteiger partial charge in [-0.1, -0.05) is 40.7 Å². The Balaban J connectivity index is 2.84. The first-order valence-electron chi connectivity index (χ1n) is 6.92. The Bertz CT molecular complexity index is 475. The molecule has 0 spiro atoms. The van der Waals surface area contributed by atoms with Gasteiger partial charge in [-0.15, -0.1) is 0 Å². The average Bonchev–Trinajstić information content (AvgIpc) is 2.30. The molecule has 0 radical (unpaired) electrons. The summed E-state index contributed by atoms with van der Waals surface area (Å²) in [5, 5.41) is 22.2. The van der Waals surface area contributed by atoms with Gasteiger partial charge in [-0.05, 0) is 29.0 Å². The molecule has 1 rings (SSSR count). The van der Waals surface area contributed by atoms with Gasteiger partial charge in [0.15, 0.2) is 0 Å². The van der Waals surface area contributed by atoms with Crippen molar-refractivity contribution in [3.8, 4) is 5.75 Å². The molecule has 1 aromatic rings. The van der Waals surface area contributed by atoms with Gasteiger partial charge in [-0.3, -0.25) is 4.79 Å². The lowest BCUT2D eigenvalue weighted by Crippen LogP contribution is -2.24. The highest BCUT2D eigenvalue weighted by atomic mass is 16.3. The van der Waals surface area contributed by atoms with Gasteiger partial charge in [-0.25, -0.2) is 0 Å². The van der Waals surface area contributed by atoms with E-state index >= 15 is 0 Å². The van der Waals surface area contributed by atoms with Crippen LogP contribution in [-0.4, -0.2) is 22.2 Å². The summed E-state index contributed by atoms with van der Waals surface area (Å²) in [6.07, 6.45) is -0.653. The first-order valence-corrected chi connectivity index (χ1v) is 6.92. The number of amides is 1. The van der Waals surface area contributed by atoms with E-state index in [-0.39, 0.29) is 29.4 Å². The van der Waals surface area contributed by atoms with Crippen molar-refractivity contribution in [2.75, 3.05) is 5.32 Å². The van der Waals surface area contributed by atoms with E-state index in [4.69, 9.17) is 0 Å². The van der Waals surface area contributed by atoms with Crippen LogP contribution >= 0.6 is 0 Å². The van der Waals surface area contributed by atoms with Crippen LogP contribution < -0.4 is 5.32 Å². The second-order valence-electron chi connectivity index (χ2n) is 6.55. The third kappa shape index (κ3) is 4.53. The molecule has 4 nitrogen and oxygen atoms in total. The van der Waals surface area contributed by atoms with Crippen molar-refractivity contribution >= 4 is 11.6 Å². The number of aliphatic hydroxyl groups excluding tert-OH is 1. The Hall–Kier alpha value is -1.55. The molecular weight excluding hydrogens is 254 g/mol. The fraction of sp³-hybridized carbons (Fsp3) is 0.562. The number of hydrogen-bond acceptors (Lipinski definition) is 3. The van der Waals surface area contributed by atoms with Gasteiger partial charge in [0, 0.05) is 0 Å². The lowest BCUT2D eigenvalue weighted by Gasteiger charge is -2.21. The average molecular weight is 279 g/mol. The molecule has 1 aromatic carbocycles. The number of anilines is 1. The molecular formula is C16H25NO3. The van der Waals surface area contributed by atoms with E-state index in [9.17, 15) is 15.0 Å². The molecule has 0 aliphatic heterocycles. The van der Waals surface area contributed by atoms with Crippen LogP contribution in [0.3, 0.4) is 0 Å². The molecule has 0 aromatic heterocycles. The highest BCUT2D eigenvalue weighted by molar-refractivity contribution is 5.92. The number of aromatic hydroxyl groups is 1. The number of benzene rings is 1. The number of phenols is 1. The predicted molar refractivity (Wildman–Crippen MR) is 80.9 cm³/mol. The van der Waals surface area contributed by atoms with E-state index in [0.717, 1.165) is 5.56 Å². The number of carbonyl (C=O) groups excluding carboxylic acids is 1. The van der Waals surface area contributed by atoms with Crippen LogP contribution in [0.5, 0.6) is 5.75 Å². The minimum Gasteiger partial charge on any atom is -0.506 e. The van der Waals surface area contributed by atoms with E-state index in [1.54, 1.807) is 12.1 Å². The molecule has 0 aliphatic carbocycles. The molecule has 0 bridgehead atoms.